The molecule has 1 fully saturated rings. The summed E-state index contributed by atoms with van der Waals surface area (Å²) in [4.78, 5) is 20.9. The molecule has 1 saturated heterocycles. The van der Waals surface area contributed by atoms with Crippen molar-refractivity contribution in [2.45, 2.75) is 38.9 Å². The maximum absolute atomic E-state index is 13.3. The molecule has 3 heterocycles. The largest absolute Gasteiger partial charge is 0.449 e. The normalized spacial score (nSPS) is 17.0. The van der Waals surface area contributed by atoms with E-state index >= 15 is 0 Å². The van der Waals surface area contributed by atoms with Gasteiger partial charge in [-0.2, -0.15) is 13.2 Å². The Morgan fingerprint density at radius 2 is 1.91 bits per heavy atom. The second kappa shape index (κ2) is 5.99. The Morgan fingerprint density at radius 1 is 1.22 bits per heavy atom. The van der Waals surface area contributed by atoms with E-state index in [1.54, 1.807) is 13.0 Å². The molecular formula is C15H19F3N4O. The van der Waals surface area contributed by atoms with Crippen LogP contribution in [0, 0.1) is 6.92 Å². The van der Waals surface area contributed by atoms with Crippen molar-refractivity contribution in [2.75, 3.05) is 19.6 Å². The molecule has 2 aromatic heterocycles. The first-order valence-corrected chi connectivity index (χ1v) is 7.76. The zero-order chi connectivity index (χ0) is 16.6. The number of nitrogens with zero attached hydrogens (tertiary/aromatic N) is 3. The molecule has 1 N–H and O–H groups in total. The lowest BCUT2D eigenvalue weighted by Crippen LogP contribution is -2.37. The maximum Gasteiger partial charge on any atom is 0.449 e. The van der Waals surface area contributed by atoms with Gasteiger partial charge in [0, 0.05) is 18.8 Å². The number of aromatic nitrogens is 3. The first-order valence-electron chi connectivity index (χ1n) is 7.76. The van der Waals surface area contributed by atoms with Crippen LogP contribution >= 0.6 is 0 Å². The number of hydrogen-bond acceptors (Lipinski definition) is 3. The number of aryl methyl sites for hydroxylation is 1. The van der Waals surface area contributed by atoms with Crippen molar-refractivity contribution < 1.29 is 13.2 Å². The van der Waals surface area contributed by atoms with Crippen molar-refractivity contribution in [3.63, 3.8) is 0 Å². The van der Waals surface area contributed by atoms with Crippen LogP contribution in [0.25, 0.3) is 11.0 Å². The molecule has 1 aliphatic heterocycles. The van der Waals surface area contributed by atoms with Crippen LogP contribution in [0.15, 0.2) is 10.9 Å². The van der Waals surface area contributed by atoms with Crippen LogP contribution in [-0.2, 0) is 12.7 Å². The standard InChI is InChI=1S/C15H19F3N4O/c1-10-9-11-12(19-10)20-14(15(16,17)18)22(13(11)23)8-7-21-5-3-2-4-6-21/h9,19H,2-8H2,1H3. The van der Waals surface area contributed by atoms with E-state index < -0.39 is 17.6 Å². The van der Waals surface area contributed by atoms with Crippen LogP contribution in [0.2, 0.25) is 0 Å². The van der Waals surface area contributed by atoms with Crippen molar-refractivity contribution in [3.05, 3.63) is 27.9 Å². The first kappa shape index (κ1) is 16.0. The molecule has 0 spiro atoms. The number of H-pyrrole nitrogens is 1. The average molecular weight is 328 g/mol. The second-order valence-electron chi connectivity index (χ2n) is 6.01. The van der Waals surface area contributed by atoms with Crippen molar-refractivity contribution in [3.8, 4) is 0 Å². The van der Waals surface area contributed by atoms with Gasteiger partial charge in [0.2, 0.25) is 5.82 Å². The lowest BCUT2D eigenvalue weighted by molar-refractivity contribution is -0.148. The average Bonchev–Trinajstić information content (AvgIpc) is 2.87. The number of rotatable bonds is 3. The van der Waals surface area contributed by atoms with Crippen LogP contribution in [0.3, 0.4) is 0 Å². The van der Waals surface area contributed by atoms with Crippen molar-refractivity contribution in [1.29, 1.82) is 0 Å². The molecule has 0 aliphatic carbocycles. The lowest BCUT2D eigenvalue weighted by Gasteiger charge is -2.27. The molecule has 5 nitrogen and oxygen atoms in total. The Hall–Kier alpha value is -1.83. The molecule has 3 rings (SSSR count). The van der Waals surface area contributed by atoms with E-state index in [9.17, 15) is 18.0 Å². The molecule has 1 aliphatic rings. The SMILES string of the molecule is Cc1cc2c(=O)n(CCN3CCCCC3)c(C(F)(F)F)nc2[nH]1. The third kappa shape index (κ3) is 3.26. The van der Waals surface area contributed by atoms with Crippen molar-refractivity contribution in [2.24, 2.45) is 0 Å². The highest BCUT2D eigenvalue weighted by Crippen LogP contribution is 2.28. The number of fused-ring (bicyclic) bond motifs is 1. The molecule has 0 unspecified atom stereocenters. The minimum atomic E-state index is -4.66. The predicted octanol–water partition coefficient (Wildman–Crippen LogP) is 2.54. The molecule has 0 atom stereocenters. The lowest BCUT2D eigenvalue weighted by atomic mass is 10.1. The van der Waals surface area contributed by atoms with Crippen LogP contribution < -0.4 is 5.56 Å². The van der Waals surface area contributed by atoms with E-state index in [4.69, 9.17) is 0 Å². The van der Waals surface area contributed by atoms with E-state index in [-0.39, 0.29) is 17.6 Å². The van der Waals surface area contributed by atoms with Gasteiger partial charge in [-0.05, 0) is 38.9 Å². The number of aromatic amines is 1. The molecular weight excluding hydrogens is 309 g/mol. The smallest absolute Gasteiger partial charge is 0.343 e. The van der Waals surface area contributed by atoms with Crippen LogP contribution in [0.4, 0.5) is 13.2 Å². The van der Waals surface area contributed by atoms with Crippen LogP contribution in [0.5, 0.6) is 0 Å². The fourth-order valence-electron chi connectivity index (χ4n) is 3.08. The van der Waals surface area contributed by atoms with E-state index in [2.05, 4.69) is 14.9 Å². The number of likely N-dealkylation sites (tertiary alicyclic amines) is 1. The topological polar surface area (TPSA) is 53.9 Å². The molecule has 8 heteroatoms. The van der Waals surface area contributed by atoms with Gasteiger partial charge in [-0.15, -0.1) is 0 Å². The highest BCUT2D eigenvalue weighted by atomic mass is 19.4. The molecule has 2 aromatic rings. The number of nitrogens with one attached hydrogen (secondary N) is 1. The molecule has 23 heavy (non-hydrogen) atoms. The zero-order valence-electron chi connectivity index (χ0n) is 12.9. The minimum Gasteiger partial charge on any atom is -0.343 e. The summed E-state index contributed by atoms with van der Waals surface area (Å²) in [5, 5.41) is 0.203. The summed E-state index contributed by atoms with van der Waals surface area (Å²) in [5.41, 5.74) is -0.0239. The van der Waals surface area contributed by atoms with Gasteiger partial charge in [-0.3, -0.25) is 9.36 Å². The monoisotopic (exact) mass is 328 g/mol. The van der Waals surface area contributed by atoms with Gasteiger partial charge in [-0.25, -0.2) is 4.98 Å². The Labute approximate surface area is 131 Å². The Morgan fingerprint density at radius 3 is 2.57 bits per heavy atom. The maximum atomic E-state index is 13.3. The van der Waals surface area contributed by atoms with E-state index in [1.807, 2.05) is 0 Å². The quantitative estimate of drug-likeness (QED) is 0.942. The van der Waals surface area contributed by atoms with Gasteiger partial charge in [0.15, 0.2) is 0 Å². The van der Waals surface area contributed by atoms with Gasteiger partial charge in [0.05, 0.1) is 5.39 Å². The fourth-order valence-corrected chi connectivity index (χ4v) is 3.08. The molecule has 0 amide bonds. The number of hydrogen-bond donors (Lipinski definition) is 1. The van der Waals surface area contributed by atoms with Crippen molar-refractivity contribution in [1.82, 2.24) is 19.4 Å². The molecule has 126 valence electrons. The van der Waals surface area contributed by atoms with E-state index in [0.29, 0.717) is 12.2 Å². The van der Waals surface area contributed by atoms with Crippen LogP contribution in [0.1, 0.15) is 30.8 Å². The summed E-state index contributed by atoms with van der Waals surface area (Å²) >= 11 is 0. The number of piperidine rings is 1. The third-order valence-corrected chi connectivity index (χ3v) is 4.22. The van der Waals surface area contributed by atoms with E-state index in [0.717, 1.165) is 36.9 Å². The highest BCUT2D eigenvalue weighted by Gasteiger charge is 2.37. The Bertz CT molecular complexity index is 756. The number of alkyl halides is 3. The van der Waals surface area contributed by atoms with Crippen molar-refractivity contribution >= 4 is 11.0 Å². The second-order valence-corrected chi connectivity index (χ2v) is 6.01. The minimum absolute atomic E-state index is 0.000838. The first-order chi connectivity index (χ1) is 10.9. The summed E-state index contributed by atoms with van der Waals surface area (Å²) in [7, 11) is 0. The Balaban J connectivity index is 1.98. The summed E-state index contributed by atoms with van der Waals surface area (Å²) in [5.74, 6) is -1.13. The van der Waals surface area contributed by atoms with Gasteiger partial charge in [-0.1, -0.05) is 6.42 Å². The van der Waals surface area contributed by atoms with Gasteiger partial charge >= 0.3 is 6.18 Å². The van der Waals surface area contributed by atoms with E-state index in [1.165, 1.54) is 0 Å². The van der Waals surface area contributed by atoms with Gasteiger partial charge in [0.1, 0.15) is 5.65 Å². The summed E-state index contributed by atoms with van der Waals surface area (Å²) in [6.45, 7) is 3.86. The zero-order valence-corrected chi connectivity index (χ0v) is 12.9. The Kier molecular flexibility index (Phi) is 4.18. The third-order valence-electron chi connectivity index (χ3n) is 4.22. The molecule has 0 bridgehead atoms. The molecule has 0 radical (unpaired) electrons. The van der Waals surface area contributed by atoms with Gasteiger partial charge in [0.25, 0.3) is 5.56 Å². The summed E-state index contributed by atoms with van der Waals surface area (Å²) in [6, 6.07) is 1.54. The number of halogens is 3. The van der Waals surface area contributed by atoms with Crippen LogP contribution in [-0.4, -0.2) is 39.1 Å². The summed E-state index contributed by atoms with van der Waals surface area (Å²) < 4.78 is 40.6. The van der Waals surface area contributed by atoms with Gasteiger partial charge < -0.3 is 9.88 Å². The highest BCUT2D eigenvalue weighted by molar-refractivity contribution is 5.75. The predicted molar refractivity (Wildman–Crippen MR) is 80.4 cm³/mol. The fraction of sp³-hybridized carbons (Fsp3) is 0.600. The molecule has 0 saturated carbocycles. The summed E-state index contributed by atoms with van der Waals surface area (Å²) in [6.07, 6.45) is -1.40. The molecule has 0 aromatic carbocycles.